The first kappa shape index (κ1) is 15.4. The molecule has 0 N–H and O–H groups in total. The Morgan fingerprint density at radius 3 is 2.62 bits per heavy atom. The molecule has 0 aliphatic carbocycles. The Balaban J connectivity index is 2.22. The van der Waals surface area contributed by atoms with Gasteiger partial charge in [-0.15, -0.1) is 0 Å². The standard InChI is InChI=1S/C18H13BrClN3O/c1-22-15-8-7-11(20)9-13(15)16-14(10-19)21-23(18(24)17(16)22)12-5-3-2-4-6-12/h2-9H,10H2,1H3. The number of aromatic nitrogens is 3. The molecule has 6 heteroatoms. The van der Waals surface area contributed by atoms with Gasteiger partial charge in [0.1, 0.15) is 5.52 Å². The van der Waals surface area contributed by atoms with E-state index in [0.29, 0.717) is 15.9 Å². The maximum Gasteiger partial charge on any atom is 0.296 e. The van der Waals surface area contributed by atoms with E-state index in [2.05, 4.69) is 21.0 Å². The summed E-state index contributed by atoms with van der Waals surface area (Å²) in [4.78, 5) is 13.1. The number of alkyl halides is 1. The summed E-state index contributed by atoms with van der Waals surface area (Å²) in [6.45, 7) is 0. The molecule has 120 valence electrons. The van der Waals surface area contributed by atoms with Gasteiger partial charge in [0.25, 0.3) is 5.56 Å². The van der Waals surface area contributed by atoms with Crippen molar-refractivity contribution in [3.63, 3.8) is 0 Å². The van der Waals surface area contributed by atoms with Crippen LogP contribution in [0, 0.1) is 0 Å². The molecule has 0 amide bonds. The molecule has 4 nitrogen and oxygen atoms in total. The molecule has 0 fully saturated rings. The lowest BCUT2D eigenvalue weighted by Gasteiger charge is -2.08. The number of fused-ring (bicyclic) bond motifs is 3. The van der Waals surface area contributed by atoms with Crippen molar-refractivity contribution in [3.05, 3.63) is 69.6 Å². The fourth-order valence-electron chi connectivity index (χ4n) is 3.11. The van der Waals surface area contributed by atoms with Crippen molar-refractivity contribution in [1.29, 1.82) is 0 Å². The molecule has 0 radical (unpaired) electrons. The maximum absolute atomic E-state index is 13.1. The number of para-hydroxylation sites is 1. The molecule has 0 saturated heterocycles. The van der Waals surface area contributed by atoms with Crippen LogP contribution in [0.4, 0.5) is 0 Å². The normalized spacial score (nSPS) is 11.5. The predicted octanol–water partition coefficient (Wildman–Crippen LogP) is 4.43. The third-order valence-electron chi connectivity index (χ3n) is 4.19. The van der Waals surface area contributed by atoms with Gasteiger partial charge in [0, 0.05) is 33.7 Å². The number of benzene rings is 2. The van der Waals surface area contributed by atoms with Crippen LogP contribution in [0.5, 0.6) is 0 Å². The summed E-state index contributed by atoms with van der Waals surface area (Å²) < 4.78 is 3.37. The lowest BCUT2D eigenvalue weighted by atomic mass is 10.1. The summed E-state index contributed by atoms with van der Waals surface area (Å²) in [6, 6.07) is 15.1. The van der Waals surface area contributed by atoms with Crippen molar-refractivity contribution in [2.45, 2.75) is 5.33 Å². The van der Waals surface area contributed by atoms with Crippen LogP contribution in [0.2, 0.25) is 5.02 Å². The quantitative estimate of drug-likeness (QED) is 0.465. The first-order valence-corrected chi connectivity index (χ1v) is 8.93. The highest BCUT2D eigenvalue weighted by atomic mass is 79.9. The zero-order valence-electron chi connectivity index (χ0n) is 12.8. The summed E-state index contributed by atoms with van der Waals surface area (Å²) >= 11 is 9.67. The van der Waals surface area contributed by atoms with Crippen LogP contribution in [-0.4, -0.2) is 14.3 Å². The molecule has 0 aliphatic rings. The summed E-state index contributed by atoms with van der Waals surface area (Å²) in [5.41, 5.74) is 2.99. The van der Waals surface area contributed by atoms with Gasteiger partial charge in [-0.2, -0.15) is 9.78 Å². The highest BCUT2D eigenvalue weighted by Crippen LogP contribution is 2.31. The van der Waals surface area contributed by atoms with E-state index < -0.39 is 0 Å². The second-order valence-corrected chi connectivity index (χ2v) is 6.57. The predicted molar refractivity (Wildman–Crippen MR) is 101 cm³/mol. The van der Waals surface area contributed by atoms with E-state index in [-0.39, 0.29) is 5.56 Å². The lowest BCUT2D eigenvalue weighted by Crippen LogP contribution is -2.24. The molecule has 0 unspecified atom stereocenters. The maximum atomic E-state index is 13.1. The van der Waals surface area contributed by atoms with E-state index >= 15 is 0 Å². The molecule has 0 saturated carbocycles. The molecule has 4 rings (SSSR count). The number of nitrogens with zero attached hydrogens (tertiary/aromatic N) is 3. The fourth-order valence-corrected chi connectivity index (χ4v) is 3.68. The van der Waals surface area contributed by atoms with Gasteiger partial charge in [-0.25, -0.2) is 0 Å². The minimum atomic E-state index is -0.143. The van der Waals surface area contributed by atoms with Crippen LogP contribution in [0.3, 0.4) is 0 Å². The average Bonchev–Trinajstić information content (AvgIpc) is 2.89. The Morgan fingerprint density at radius 2 is 1.92 bits per heavy atom. The van der Waals surface area contributed by atoms with Crippen LogP contribution >= 0.6 is 27.5 Å². The van der Waals surface area contributed by atoms with Crippen LogP contribution in [0.25, 0.3) is 27.5 Å². The summed E-state index contributed by atoms with van der Waals surface area (Å²) in [7, 11) is 1.90. The van der Waals surface area contributed by atoms with Gasteiger partial charge in [-0.1, -0.05) is 45.7 Å². The molecule has 0 bridgehead atoms. The Labute approximate surface area is 151 Å². The molecule has 0 spiro atoms. The number of aryl methyl sites for hydroxylation is 1. The second-order valence-electron chi connectivity index (χ2n) is 5.58. The molecule has 2 heterocycles. The largest absolute Gasteiger partial charge is 0.339 e. The minimum absolute atomic E-state index is 0.143. The van der Waals surface area contributed by atoms with Gasteiger partial charge in [0.05, 0.1) is 11.4 Å². The van der Waals surface area contributed by atoms with Crippen molar-refractivity contribution in [2.75, 3.05) is 0 Å². The average molecular weight is 403 g/mol. The van der Waals surface area contributed by atoms with Gasteiger partial charge in [-0.3, -0.25) is 4.79 Å². The minimum Gasteiger partial charge on any atom is -0.339 e. The van der Waals surface area contributed by atoms with Gasteiger partial charge < -0.3 is 4.57 Å². The lowest BCUT2D eigenvalue weighted by molar-refractivity contribution is 0.791. The highest BCUT2D eigenvalue weighted by Gasteiger charge is 2.19. The molecule has 2 aromatic carbocycles. The number of rotatable bonds is 2. The fraction of sp³-hybridized carbons (Fsp3) is 0.111. The van der Waals surface area contributed by atoms with Gasteiger partial charge in [0.2, 0.25) is 0 Å². The van der Waals surface area contributed by atoms with Crippen LogP contribution in [0.15, 0.2) is 53.3 Å². The van der Waals surface area contributed by atoms with Crippen molar-refractivity contribution < 1.29 is 0 Å². The van der Waals surface area contributed by atoms with Crippen molar-refractivity contribution in [3.8, 4) is 5.69 Å². The van der Waals surface area contributed by atoms with Gasteiger partial charge in [-0.05, 0) is 30.3 Å². The Morgan fingerprint density at radius 1 is 1.17 bits per heavy atom. The smallest absolute Gasteiger partial charge is 0.296 e. The Kier molecular flexibility index (Phi) is 3.70. The number of hydrogen-bond acceptors (Lipinski definition) is 2. The monoisotopic (exact) mass is 401 g/mol. The van der Waals surface area contributed by atoms with Gasteiger partial charge >= 0.3 is 0 Å². The number of hydrogen-bond donors (Lipinski definition) is 0. The first-order valence-electron chi connectivity index (χ1n) is 7.43. The summed E-state index contributed by atoms with van der Waals surface area (Å²) in [6.07, 6.45) is 0. The van der Waals surface area contributed by atoms with E-state index in [1.807, 2.05) is 60.1 Å². The van der Waals surface area contributed by atoms with Gasteiger partial charge in [0.15, 0.2) is 0 Å². The molecular formula is C18H13BrClN3O. The third kappa shape index (κ3) is 2.19. The zero-order chi connectivity index (χ0) is 16.8. The van der Waals surface area contributed by atoms with E-state index in [9.17, 15) is 4.79 Å². The Bertz CT molecular complexity index is 1130. The van der Waals surface area contributed by atoms with E-state index in [0.717, 1.165) is 27.7 Å². The number of halogens is 2. The van der Waals surface area contributed by atoms with E-state index in [1.165, 1.54) is 4.68 Å². The third-order valence-corrected chi connectivity index (χ3v) is 4.96. The summed E-state index contributed by atoms with van der Waals surface area (Å²) in [5, 5.41) is 7.56. The molecule has 0 aliphatic heterocycles. The molecule has 0 atom stereocenters. The summed E-state index contributed by atoms with van der Waals surface area (Å²) in [5.74, 6) is 0. The van der Waals surface area contributed by atoms with Crippen molar-refractivity contribution >= 4 is 49.3 Å². The van der Waals surface area contributed by atoms with Crippen LogP contribution in [0.1, 0.15) is 5.69 Å². The van der Waals surface area contributed by atoms with Crippen LogP contribution < -0.4 is 5.56 Å². The van der Waals surface area contributed by atoms with E-state index in [1.54, 1.807) is 0 Å². The van der Waals surface area contributed by atoms with Crippen molar-refractivity contribution in [2.24, 2.45) is 7.05 Å². The second kappa shape index (κ2) is 5.76. The molecule has 4 aromatic rings. The highest BCUT2D eigenvalue weighted by molar-refractivity contribution is 9.08. The molecule has 2 aromatic heterocycles. The first-order chi connectivity index (χ1) is 11.6. The SMILES string of the molecule is Cn1c2ccc(Cl)cc2c2c(CBr)nn(-c3ccccc3)c(=O)c21. The topological polar surface area (TPSA) is 39.8 Å². The Hall–Kier alpha value is -2.11. The van der Waals surface area contributed by atoms with E-state index in [4.69, 9.17) is 11.6 Å². The van der Waals surface area contributed by atoms with Crippen LogP contribution in [-0.2, 0) is 12.4 Å². The molecule has 24 heavy (non-hydrogen) atoms. The zero-order valence-corrected chi connectivity index (χ0v) is 15.2. The van der Waals surface area contributed by atoms with Crippen molar-refractivity contribution in [1.82, 2.24) is 14.3 Å². The molecular weight excluding hydrogens is 390 g/mol.